The van der Waals surface area contributed by atoms with Crippen LogP contribution >= 0.6 is 0 Å². The maximum atomic E-state index is 12.7. The van der Waals surface area contributed by atoms with E-state index in [4.69, 9.17) is 4.74 Å². The molecule has 6 heteroatoms. The number of nitrogens with zero attached hydrogens (tertiary/aromatic N) is 2. The quantitative estimate of drug-likeness (QED) is 0.800. The molecule has 1 saturated carbocycles. The molecule has 2 atom stereocenters. The topological polar surface area (TPSA) is 70.1 Å². The van der Waals surface area contributed by atoms with Gasteiger partial charge in [-0.3, -0.25) is 0 Å². The molecule has 114 valence electrons. The van der Waals surface area contributed by atoms with Crippen LogP contribution in [0.2, 0.25) is 0 Å². The summed E-state index contributed by atoms with van der Waals surface area (Å²) in [4.78, 5) is 27.2. The van der Waals surface area contributed by atoms with Crippen LogP contribution in [-0.2, 0) is 9.53 Å². The second-order valence-electron chi connectivity index (χ2n) is 5.74. The lowest BCUT2D eigenvalue weighted by Gasteiger charge is -2.34. The predicted molar refractivity (Wildman–Crippen MR) is 73.5 cm³/mol. The van der Waals surface area contributed by atoms with Crippen molar-refractivity contribution in [3.8, 4) is 0 Å². The molecule has 0 aromatic heterocycles. The van der Waals surface area contributed by atoms with Gasteiger partial charge in [0.1, 0.15) is 6.04 Å². The maximum Gasteiger partial charge on any atom is 0.326 e. The highest BCUT2D eigenvalue weighted by Gasteiger charge is 2.40. The maximum absolute atomic E-state index is 12.7. The van der Waals surface area contributed by atoms with Crippen molar-refractivity contribution >= 4 is 12.0 Å². The van der Waals surface area contributed by atoms with Crippen molar-refractivity contribution < 1.29 is 19.4 Å². The number of hydrogen-bond donors (Lipinski definition) is 1. The van der Waals surface area contributed by atoms with Gasteiger partial charge in [-0.15, -0.1) is 0 Å². The molecule has 2 fully saturated rings. The fourth-order valence-corrected chi connectivity index (χ4v) is 2.91. The normalized spacial score (nSPS) is 23.7. The Balaban J connectivity index is 2.06. The van der Waals surface area contributed by atoms with Gasteiger partial charge < -0.3 is 19.6 Å². The number of likely N-dealkylation sites (tertiary alicyclic amines) is 1. The number of carboxylic acid groups (broad SMARTS) is 1. The third kappa shape index (κ3) is 3.23. The van der Waals surface area contributed by atoms with Crippen molar-refractivity contribution in [1.29, 1.82) is 0 Å². The highest BCUT2D eigenvalue weighted by molar-refractivity contribution is 5.83. The second kappa shape index (κ2) is 6.43. The Morgan fingerprint density at radius 2 is 2.10 bits per heavy atom. The van der Waals surface area contributed by atoms with Gasteiger partial charge in [0.15, 0.2) is 0 Å². The van der Waals surface area contributed by atoms with E-state index in [0.717, 1.165) is 19.3 Å². The monoisotopic (exact) mass is 284 g/mol. The van der Waals surface area contributed by atoms with Crippen molar-refractivity contribution in [1.82, 2.24) is 9.80 Å². The number of hydrogen-bond acceptors (Lipinski definition) is 3. The summed E-state index contributed by atoms with van der Waals surface area (Å²) in [7, 11) is 1.61. The lowest BCUT2D eigenvalue weighted by atomic mass is 10.2. The number of urea groups is 1. The van der Waals surface area contributed by atoms with Crippen molar-refractivity contribution in [3.05, 3.63) is 0 Å². The molecule has 1 aliphatic heterocycles. The van der Waals surface area contributed by atoms with Gasteiger partial charge in [-0.25, -0.2) is 9.59 Å². The Morgan fingerprint density at radius 3 is 2.65 bits per heavy atom. The van der Waals surface area contributed by atoms with Crippen molar-refractivity contribution in [2.24, 2.45) is 5.92 Å². The van der Waals surface area contributed by atoms with Crippen molar-refractivity contribution in [2.75, 3.05) is 26.8 Å². The summed E-state index contributed by atoms with van der Waals surface area (Å²) in [5.41, 5.74) is 0. The van der Waals surface area contributed by atoms with E-state index < -0.39 is 12.0 Å². The molecular weight excluding hydrogens is 260 g/mol. The molecule has 0 bridgehead atoms. The van der Waals surface area contributed by atoms with Crippen LogP contribution in [0.25, 0.3) is 0 Å². The number of carbonyl (C=O) groups is 2. The summed E-state index contributed by atoms with van der Waals surface area (Å²) in [6.07, 6.45) is 3.62. The van der Waals surface area contributed by atoms with Gasteiger partial charge in [-0.05, 0) is 38.5 Å². The van der Waals surface area contributed by atoms with E-state index >= 15 is 0 Å². The second-order valence-corrected chi connectivity index (χ2v) is 5.74. The Labute approximate surface area is 119 Å². The van der Waals surface area contributed by atoms with E-state index in [9.17, 15) is 14.7 Å². The summed E-state index contributed by atoms with van der Waals surface area (Å²) >= 11 is 0. The number of rotatable bonds is 6. The Bertz CT molecular complexity index is 370. The van der Waals surface area contributed by atoms with E-state index in [2.05, 4.69) is 6.92 Å². The van der Waals surface area contributed by atoms with Crippen LogP contribution in [0.5, 0.6) is 0 Å². The molecule has 1 unspecified atom stereocenters. The lowest BCUT2D eigenvalue weighted by Crippen LogP contribution is -2.52. The van der Waals surface area contributed by atoms with Crippen LogP contribution in [0, 0.1) is 5.92 Å². The molecule has 1 heterocycles. The predicted octanol–water partition coefficient (Wildman–Crippen LogP) is 1.40. The van der Waals surface area contributed by atoms with E-state index in [0.29, 0.717) is 32.0 Å². The zero-order valence-electron chi connectivity index (χ0n) is 12.2. The van der Waals surface area contributed by atoms with Crippen LogP contribution in [0.4, 0.5) is 4.79 Å². The lowest BCUT2D eigenvalue weighted by molar-refractivity contribution is -0.141. The first-order chi connectivity index (χ1) is 9.56. The van der Waals surface area contributed by atoms with E-state index in [1.54, 1.807) is 12.0 Å². The average molecular weight is 284 g/mol. The Kier molecular flexibility index (Phi) is 4.86. The first-order valence-corrected chi connectivity index (χ1v) is 7.35. The summed E-state index contributed by atoms with van der Waals surface area (Å²) < 4.78 is 5.08. The van der Waals surface area contributed by atoms with Crippen molar-refractivity contribution in [3.63, 3.8) is 0 Å². The number of aliphatic carboxylic acids is 1. The van der Waals surface area contributed by atoms with Crippen LogP contribution in [0.1, 0.15) is 32.6 Å². The smallest absolute Gasteiger partial charge is 0.326 e. The molecule has 0 radical (unpaired) electrons. The first kappa shape index (κ1) is 15.1. The molecule has 6 nitrogen and oxygen atoms in total. The molecule has 1 saturated heterocycles. The molecule has 1 N–H and O–H groups in total. The number of carbonyl (C=O) groups excluding carboxylic acids is 1. The Hall–Kier alpha value is -1.30. The van der Waals surface area contributed by atoms with Gasteiger partial charge >= 0.3 is 12.0 Å². The third-order valence-corrected chi connectivity index (χ3v) is 4.36. The van der Waals surface area contributed by atoms with Crippen LogP contribution in [-0.4, -0.2) is 65.8 Å². The molecule has 2 aliphatic rings. The summed E-state index contributed by atoms with van der Waals surface area (Å²) in [5.74, 6) is -0.344. The molecular formula is C14H24N2O4. The Morgan fingerprint density at radius 1 is 1.40 bits per heavy atom. The van der Waals surface area contributed by atoms with Crippen LogP contribution in [0.3, 0.4) is 0 Å². The third-order valence-electron chi connectivity index (χ3n) is 4.36. The summed E-state index contributed by atoms with van der Waals surface area (Å²) in [6.45, 7) is 3.60. The number of ether oxygens (including phenoxy) is 1. The fourth-order valence-electron chi connectivity index (χ4n) is 2.91. The van der Waals surface area contributed by atoms with Crippen LogP contribution in [0.15, 0.2) is 0 Å². The van der Waals surface area contributed by atoms with Gasteiger partial charge in [0.25, 0.3) is 0 Å². The number of methoxy groups -OCH3 is 1. The zero-order valence-corrected chi connectivity index (χ0v) is 12.2. The largest absolute Gasteiger partial charge is 0.480 e. The summed E-state index contributed by atoms with van der Waals surface area (Å²) in [5, 5.41) is 9.21. The van der Waals surface area contributed by atoms with E-state index in [1.807, 2.05) is 0 Å². The van der Waals surface area contributed by atoms with Gasteiger partial charge in [0.2, 0.25) is 0 Å². The standard InChI is InChI=1S/C14H24N2O4/c1-10(11-5-6-11)15(8-9-20-2)14(19)16-7-3-4-12(16)13(17)18/h10-12H,3-9H2,1-2H3,(H,17,18)/t10?,12-/m0/s1. The molecule has 0 spiro atoms. The number of carboxylic acids is 1. The minimum absolute atomic E-state index is 0.147. The minimum Gasteiger partial charge on any atom is -0.480 e. The van der Waals surface area contributed by atoms with Gasteiger partial charge in [0, 0.05) is 26.2 Å². The SMILES string of the molecule is COCCN(C(=O)N1CCC[C@H]1C(=O)O)C(C)C1CC1. The number of amides is 2. The molecule has 20 heavy (non-hydrogen) atoms. The minimum atomic E-state index is -0.901. The highest BCUT2D eigenvalue weighted by Crippen LogP contribution is 2.36. The molecule has 2 amide bonds. The molecule has 0 aromatic carbocycles. The van der Waals surface area contributed by atoms with E-state index in [1.165, 1.54) is 4.90 Å². The van der Waals surface area contributed by atoms with Crippen molar-refractivity contribution in [2.45, 2.75) is 44.7 Å². The molecule has 2 rings (SSSR count). The van der Waals surface area contributed by atoms with Gasteiger partial charge in [-0.2, -0.15) is 0 Å². The molecule has 0 aromatic rings. The van der Waals surface area contributed by atoms with Gasteiger partial charge in [0.05, 0.1) is 6.61 Å². The van der Waals surface area contributed by atoms with Gasteiger partial charge in [-0.1, -0.05) is 0 Å². The fraction of sp³-hybridized carbons (Fsp3) is 0.857. The first-order valence-electron chi connectivity index (χ1n) is 7.35. The zero-order chi connectivity index (χ0) is 14.7. The summed E-state index contributed by atoms with van der Waals surface area (Å²) in [6, 6.07) is -0.655. The van der Waals surface area contributed by atoms with Crippen LogP contribution < -0.4 is 0 Å². The molecule has 1 aliphatic carbocycles. The average Bonchev–Trinajstić information content (AvgIpc) is 3.15. The van der Waals surface area contributed by atoms with E-state index in [-0.39, 0.29) is 12.1 Å². The highest BCUT2D eigenvalue weighted by atomic mass is 16.5.